The number of thiazole rings is 1. The Hall–Kier alpha value is -2.18. The molecule has 6 heteroatoms. The maximum atomic E-state index is 12.2. The highest BCUT2D eigenvalue weighted by Crippen LogP contribution is 2.28. The van der Waals surface area contributed by atoms with Gasteiger partial charge in [-0.05, 0) is 23.6 Å². The topological polar surface area (TPSA) is 45.2 Å². The molecular formula is C17H17N3OS2. The molecule has 3 rings (SSSR count). The molecule has 0 saturated carbocycles. The minimum absolute atomic E-state index is 0.0632. The van der Waals surface area contributed by atoms with E-state index in [1.165, 1.54) is 11.3 Å². The van der Waals surface area contributed by atoms with Crippen LogP contribution in [0.5, 0.6) is 0 Å². The van der Waals surface area contributed by atoms with Crippen LogP contribution >= 0.6 is 22.7 Å². The van der Waals surface area contributed by atoms with Crippen LogP contribution in [0.4, 0.5) is 5.69 Å². The third kappa shape index (κ3) is 3.97. The number of aromatic nitrogens is 1. The first-order chi connectivity index (χ1) is 11.2. The van der Waals surface area contributed by atoms with Gasteiger partial charge in [0, 0.05) is 25.8 Å². The number of rotatable bonds is 6. The van der Waals surface area contributed by atoms with Gasteiger partial charge in [-0.25, -0.2) is 4.98 Å². The highest BCUT2D eigenvalue weighted by Gasteiger charge is 2.12. The quantitative estimate of drug-likeness (QED) is 0.741. The number of nitrogens with zero attached hydrogens (tertiary/aromatic N) is 2. The van der Waals surface area contributed by atoms with Crippen LogP contribution in [0.15, 0.2) is 54.0 Å². The molecule has 2 aromatic heterocycles. The predicted octanol–water partition coefficient (Wildman–Crippen LogP) is 3.74. The number of para-hydroxylation sites is 1. The summed E-state index contributed by atoms with van der Waals surface area (Å²) in [6.07, 6.45) is 1.65. The highest BCUT2D eigenvalue weighted by molar-refractivity contribution is 7.21. The summed E-state index contributed by atoms with van der Waals surface area (Å²) in [6, 6.07) is 14.1. The van der Waals surface area contributed by atoms with Crippen LogP contribution < -0.4 is 10.2 Å². The number of hydrogen-bond donors (Lipinski definition) is 1. The fourth-order valence-corrected chi connectivity index (χ4v) is 3.77. The van der Waals surface area contributed by atoms with Gasteiger partial charge in [0.1, 0.15) is 9.88 Å². The Morgan fingerprint density at radius 1 is 1.22 bits per heavy atom. The van der Waals surface area contributed by atoms with E-state index in [0.717, 1.165) is 22.1 Å². The van der Waals surface area contributed by atoms with Gasteiger partial charge in [0.15, 0.2) is 0 Å². The highest BCUT2D eigenvalue weighted by atomic mass is 32.1. The van der Waals surface area contributed by atoms with Crippen molar-refractivity contribution in [3.8, 4) is 9.88 Å². The zero-order valence-electron chi connectivity index (χ0n) is 12.7. The average molecular weight is 343 g/mol. The van der Waals surface area contributed by atoms with Crippen LogP contribution in [-0.4, -0.2) is 31.0 Å². The van der Waals surface area contributed by atoms with Crippen molar-refractivity contribution in [3.63, 3.8) is 0 Å². The van der Waals surface area contributed by atoms with Crippen molar-refractivity contribution in [2.24, 2.45) is 0 Å². The molecule has 0 saturated heterocycles. The SMILES string of the molecule is CN(CCNC(=O)c1cnc(-c2cccs2)s1)c1ccccc1. The number of nitrogens with one attached hydrogen (secondary N) is 1. The second-order valence-electron chi connectivity index (χ2n) is 5.02. The number of benzene rings is 1. The third-order valence-corrected chi connectivity index (χ3v) is 5.43. The zero-order chi connectivity index (χ0) is 16.1. The second-order valence-corrected chi connectivity index (χ2v) is 7.00. The molecule has 1 aromatic carbocycles. The Morgan fingerprint density at radius 3 is 2.78 bits per heavy atom. The fourth-order valence-electron chi connectivity index (χ4n) is 2.13. The fraction of sp³-hybridized carbons (Fsp3) is 0.176. The number of hydrogen-bond acceptors (Lipinski definition) is 5. The minimum Gasteiger partial charge on any atom is -0.373 e. The van der Waals surface area contributed by atoms with Crippen molar-refractivity contribution in [1.82, 2.24) is 10.3 Å². The van der Waals surface area contributed by atoms with Gasteiger partial charge in [-0.15, -0.1) is 22.7 Å². The van der Waals surface area contributed by atoms with Crippen LogP contribution in [0.1, 0.15) is 9.67 Å². The molecule has 1 N–H and O–H groups in total. The molecular weight excluding hydrogens is 326 g/mol. The van der Waals surface area contributed by atoms with Gasteiger partial charge in [0.05, 0.1) is 11.1 Å². The van der Waals surface area contributed by atoms with E-state index in [4.69, 9.17) is 0 Å². The molecule has 3 aromatic rings. The number of amides is 1. The second kappa shape index (κ2) is 7.39. The maximum absolute atomic E-state index is 12.2. The largest absolute Gasteiger partial charge is 0.373 e. The van der Waals surface area contributed by atoms with Crippen LogP contribution in [0, 0.1) is 0 Å². The first-order valence-electron chi connectivity index (χ1n) is 7.28. The van der Waals surface area contributed by atoms with E-state index in [0.29, 0.717) is 11.4 Å². The number of likely N-dealkylation sites (N-methyl/N-ethyl adjacent to an activating group) is 1. The van der Waals surface area contributed by atoms with E-state index in [2.05, 4.69) is 27.3 Å². The molecule has 0 aliphatic rings. The molecule has 0 aliphatic carbocycles. The molecule has 0 aliphatic heterocycles. The lowest BCUT2D eigenvalue weighted by Crippen LogP contribution is -2.32. The Labute approximate surface area is 143 Å². The van der Waals surface area contributed by atoms with Gasteiger partial charge < -0.3 is 10.2 Å². The van der Waals surface area contributed by atoms with Gasteiger partial charge in [-0.3, -0.25) is 4.79 Å². The molecule has 1 amide bonds. The van der Waals surface area contributed by atoms with E-state index in [1.807, 2.05) is 42.8 Å². The summed E-state index contributed by atoms with van der Waals surface area (Å²) in [5.74, 6) is -0.0632. The lowest BCUT2D eigenvalue weighted by molar-refractivity contribution is 0.0958. The summed E-state index contributed by atoms with van der Waals surface area (Å²) < 4.78 is 0. The summed E-state index contributed by atoms with van der Waals surface area (Å²) in [4.78, 5) is 20.4. The van der Waals surface area contributed by atoms with E-state index < -0.39 is 0 Å². The van der Waals surface area contributed by atoms with Crippen molar-refractivity contribution >= 4 is 34.3 Å². The van der Waals surface area contributed by atoms with E-state index >= 15 is 0 Å². The molecule has 0 fully saturated rings. The van der Waals surface area contributed by atoms with Crippen molar-refractivity contribution in [1.29, 1.82) is 0 Å². The summed E-state index contributed by atoms with van der Waals surface area (Å²) >= 11 is 3.06. The van der Waals surface area contributed by atoms with Crippen molar-refractivity contribution < 1.29 is 4.79 Å². The number of anilines is 1. The first kappa shape index (κ1) is 15.7. The smallest absolute Gasteiger partial charge is 0.263 e. The lowest BCUT2D eigenvalue weighted by atomic mass is 10.3. The summed E-state index contributed by atoms with van der Waals surface area (Å²) in [5.41, 5.74) is 1.14. The van der Waals surface area contributed by atoms with Gasteiger partial charge in [-0.1, -0.05) is 24.3 Å². The minimum atomic E-state index is -0.0632. The monoisotopic (exact) mass is 343 g/mol. The Bertz CT molecular complexity index is 753. The maximum Gasteiger partial charge on any atom is 0.263 e. The van der Waals surface area contributed by atoms with Crippen LogP contribution in [0.25, 0.3) is 9.88 Å². The standard InChI is InChI=1S/C17H17N3OS2/c1-20(13-6-3-2-4-7-13)10-9-18-16(21)15-12-19-17(23-15)14-8-5-11-22-14/h2-8,11-12H,9-10H2,1H3,(H,18,21). The predicted molar refractivity (Wildman–Crippen MR) is 97.5 cm³/mol. The zero-order valence-corrected chi connectivity index (χ0v) is 14.4. The molecule has 4 nitrogen and oxygen atoms in total. The Morgan fingerprint density at radius 2 is 2.04 bits per heavy atom. The first-order valence-corrected chi connectivity index (χ1v) is 8.98. The van der Waals surface area contributed by atoms with Gasteiger partial charge >= 0.3 is 0 Å². The Balaban J connectivity index is 1.52. The van der Waals surface area contributed by atoms with Crippen LogP contribution in [-0.2, 0) is 0 Å². The summed E-state index contributed by atoms with van der Waals surface area (Å²) in [7, 11) is 2.02. The van der Waals surface area contributed by atoms with Crippen LogP contribution in [0.2, 0.25) is 0 Å². The van der Waals surface area contributed by atoms with Crippen molar-refractivity contribution in [2.75, 3.05) is 25.0 Å². The normalized spacial score (nSPS) is 10.5. The molecule has 2 heterocycles. The molecule has 118 valence electrons. The molecule has 0 bridgehead atoms. The lowest BCUT2D eigenvalue weighted by Gasteiger charge is -2.19. The summed E-state index contributed by atoms with van der Waals surface area (Å²) in [5, 5.41) is 5.86. The van der Waals surface area contributed by atoms with E-state index in [9.17, 15) is 4.79 Å². The number of carbonyl (C=O) groups is 1. The molecule has 0 spiro atoms. The third-order valence-electron chi connectivity index (χ3n) is 3.39. The molecule has 0 radical (unpaired) electrons. The number of carbonyl (C=O) groups excluding carboxylic acids is 1. The average Bonchev–Trinajstić information content (AvgIpc) is 3.26. The van der Waals surface area contributed by atoms with Gasteiger partial charge in [-0.2, -0.15) is 0 Å². The van der Waals surface area contributed by atoms with E-state index in [1.54, 1.807) is 17.5 Å². The number of thiophene rings is 1. The molecule has 0 unspecified atom stereocenters. The van der Waals surface area contributed by atoms with Crippen molar-refractivity contribution in [3.05, 3.63) is 58.9 Å². The summed E-state index contributed by atoms with van der Waals surface area (Å²) in [6.45, 7) is 1.35. The molecule has 0 atom stereocenters. The van der Waals surface area contributed by atoms with E-state index in [-0.39, 0.29) is 5.91 Å². The van der Waals surface area contributed by atoms with Gasteiger partial charge in [0.25, 0.3) is 5.91 Å². The van der Waals surface area contributed by atoms with Crippen molar-refractivity contribution in [2.45, 2.75) is 0 Å². The Kier molecular flexibility index (Phi) is 5.05. The molecule has 23 heavy (non-hydrogen) atoms. The van der Waals surface area contributed by atoms with Gasteiger partial charge in [0.2, 0.25) is 0 Å². The van der Waals surface area contributed by atoms with Crippen LogP contribution in [0.3, 0.4) is 0 Å².